The van der Waals surface area contributed by atoms with Crippen LogP contribution in [0.3, 0.4) is 0 Å². The van der Waals surface area contributed by atoms with Crippen molar-refractivity contribution in [2.75, 3.05) is 32.4 Å². The average Bonchev–Trinajstić information content (AvgIpc) is 3.15. The molecule has 10 heteroatoms. The topological polar surface area (TPSA) is 118 Å². The van der Waals surface area contributed by atoms with Crippen LogP contribution >= 0.6 is 11.6 Å². The molecule has 0 aliphatic heterocycles. The zero-order valence-corrected chi connectivity index (χ0v) is 17.2. The van der Waals surface area contributed by atoms with E-state index in [2.05, 4.69) is 15.2 Å². The lowest BCUT2D eigenvalue weighted by atomic mass is 10.2. The minimum Gasteiger partial charge on any atom is -0.497 e. The molecule has 3 N–H and O–H groups in total. The Labute approximate surface area is 177 Å². The maximum Gasteiger partial charge on any atom is 0.343 e. The van der Waals surface area contributed by atoms with E-state index in [0.29, 0.717) is 28.4 Å². The molecule has 1 aromatic heterocycles. The van der Waals surface area contributed by atoms with Crippen molar-refractivity contribution in [1.29, 1.82) is 0 Å². The van der Waals surface area contributed by atoms with Crippen molar-refractivity contribution in [2.24, 2.45) is 0 Å². The number of methoxy groups -OCH3 is 3. The van der Waals surface area contributed by atoms with Gasteiger partial charge in [-0.05, 0) is 24.3 Å². The minimum absolute atomic E-state index is 0.133. The highest BCUT2D eigenvalue weighted by atomic mass is 35.5. The number of nitrogens with zero attached hydrogens (tertiary/aromatic N) is 2. The number of esters is 1. The van der Waals surface area contributed by atoms with Crippen LogP contribution in [-0.4, -0.2) is 43.0 Å². The Morgan fingerprint density at radius 3 is 2.40 bits per heavy atom. The number of anilines is 2. The van der Waals surface area contributed by atoms with Gasteiger partial charge < -0.3 is 25.3 Å². The number of nitrogens with one attached hydrogen (secondary N) is 1. The Bertz CT molecular complexity index is 1100. The van der Waals surface area contributed by atoms with Crippen molar-refractivity contribution in [2.45, 2.75) is 0 Å². The Morgan fingerprint density at radius 2 is 1.80 bits per heavy atom. The number of amides is 1. The summed E-state index contributed by atoms with van der Waals surface area (Å²) >= 11 is 6.25. The van der Waals surface area contributed by atoms with Crippen LogP contribution in [0, 0.1) is 0 Å². The normalized spacial score (nSPS) is 10.4. The molecule has 0 saturated heterocycles. The first-order valence-corrected chi connectivity index (χ1v) is 9.02. The van der Waals surface area contributed by atoms with Crippen LogP contribution in [0.5, 0.6) is 11.5 Å². The molecule has 1 heterocycles. The smallest absolute Gasteiger partial charge is 0.343 e. The Hall–Kier alpha value is -3.72. The molecule has 0 saturated carbocycles. The van der Waals surface area contributed by atoms with E-state index in [1.54, 1.807) is 36.4 Å². The second-order valence-corrected chi connectivity index (χ2v) is 6.44. The van der Waals surface area contributed by atoms with Crippen LogP contribution in [0.25, 0.3) is 5.69 Å². The number of nitrogens with two attached hydrogens (primary N) is 1. The van der Waals surface area contributed by atoms with Gasteiger partial charge in [0.25, 0.3) is 5.91 Å². The maximum absolute atomic E-state index is 12.7. The van der Waals surface area contributed by atoms with Gasteiger partial charge in [-0.1, -0.05) is 11.6 Å². The monoisotopic (exact) mass is 430 g/mol. The van der Waals surface area contributed by atoms with Crippen LogP contribution in [0.4, 0.5) is 11.5 Å². The predicted octanol–water partition coefficient (Wildman–Crippen LogP) is 3.16. The highest BCUT2D eigenvalue weighted by Gasteiger charge is 2.18. The second-order valence-electron chi connectivity index (χ2n) is 6.03. The third-order valence-corrected chi connectivity index (χ3v) is 4.61. The van der Waals surface area contributed by atoms with E-state index in [1.807, 2.05) is 0 Å². The van der Waals surface area contributed by atoms with Crippen LogP contribution < -0.4 is 20.5 Å². The highest BCUT2D eigenvalue weighted by Crippen LogP contribution is 2.37. The number of nitrogen functional groups attached to an aromatic ring is 1. The number of benzene rings is 2. The molecule has 0 aliphatic carbocycles. The van der Waals surface area contributed by atoms with E-state index >= 15 is 0 Å². The molecule has 30 heavy (non-hydrogen) atoms. The van der Waals surface area contributed by atoms with Crippen molar-refractivity contribution in [3.63, 3.8) is 0 Å². The van der Waals surface area contributed by atoms with E-state index in [9.17, 15) is 9.59 Å². The van der Waals surface area contributed by atoms with Gasteiger partial charge in [0.2, 0.25) is 0 Å². The zero-order valence-electron chi connectivity index (χ0n) is 16.4. The number of carbonyl (C=O) groups is 2. The number of rotatable bonds is 6. The highest BCUT2D eigenvalue weighted by molar-refractivity contribution is 6.34. The first-order valence-electron chi connectivity index (χ1n) is 8.64. The zero-order chi connectivity index (χ0) is 21.8. The lowest BCUT2D eigenvalue weighted by molar-refractivity contribution is 0.0602. The molecule has 0 radical (unpaired) electrons. The summed E-state index contributed by atoms with van der Waals surface area (Å²) in [6, 6.07) is 9.66. The molecule has 2 aromatic carbocycles. The van der Waals surface area contributed by atoms with Gasteiger partial charge >= 0.3 is 5.97 Å². The third-order valence-electron chi connectivity index (χ3n) is 4.31. The molecule has 156 valence electrons. The summed E-state index contributed by atoms with van der Waals surface area (Å²) < 4.78 is 16.5. The first-order chi connectivity index (χ1) is 14.4. The van der Waals surface area contributed by atoms with E-state index in [1.165, 1.54) is 32.2 Å². The van der Waals surface area contributed by atoms with Crippen LogP contribution in [-0.2, 0) is 4.74 Å². The van der Waals surface area contributed by atoms with Gasteiger partial charge in [-0.3, -0.25) is 4.79 Å². The first kappa shape index (κ1) is 21.0. The Morgan fingerprint density at radius 1 is 1.10 bits per heavy atom. The summed E-state index contributed by atoms with van der Waals surface area (Å²) in [6.45, 7) is 0. The lowest BCUT2D eigenvalue weighted by Crippen LogP contribution is -2.13. The SMILES string of the molecule is COC(=O)c1cnn(-c2ccc(C(=O)Nc3c(Cl)cc(OC)cc3OC)cc2)c1N. The molecule has 9 nitrogen and oxygen atoms in total. The summed E-state index contributed by atoms with van der Waals surface area (Å²) in [4.78, 5) is 24.3. The molecule has 1 amide bonds. The van der Waals surface area contributed by atoms with E-state index in [0.717, 1.165) is 0 Å². The van der Waals surface area contributed by atoms with Gasteiger partial charge in [0, 0.05) is 17.7 Å². The molecule has 0 spiro atoms. The van der Waals surface area contributed by atoms with Crippen molar-refractivity contribution >= 4 is 35.0 Å². The fourth-order valence-corrected chi connectivity index (χ4v) is 2.98. The van der Waals surface area contributed by atoms with Crippen LogP contribution in [0.15, 0.2) is 42.6 Å². The summed E-state index contributed by atoms with van der Waals surface area (Å²) in [5.41, 5.74) is 7.38. The third kappa shape index (κ3) is 4.01. The number of carbonyl (C=O) groups excluding carboxylic acids is 2. The summed E-state index contributed by atoms with van der Waals surface area (Å²) in [6.07, 6.45) is 1.32. The van der Waals surface area contributed by atoms with Gasteiger partial charge in [-0.2, -0.15) is 5.10 Å². The summed E-state index contributed by atoms with van der Waals surface area (Å²) in [5, 5.41) is 7.10. The molecular weight excluding hydrogens is 412 g/mol. The Kier molecular flexibility index (Phi) is 6.12. The molecule has 0 fully saturated rings. The number of ether oxygens (including phenoxy) is 3. The van der Waals surface area contributed by atoms with Gasteiger partial charge in [0.15, 0.2) is 0 Å². The quantitative estimate of drug-likeness (QED) is 0.576. The molecule has 0 bridgehead atoms. The van der Waals surface area contributed by atoms with Gasteiger partial charge in [0.1, 0.15) is 28.6 Å². The number of halogens is 1. The molecule has 0 atom stereocenters. The molecule has 3 rings (SSSR count). The van der Waals surface area contributed by atoms with Crippen molar-refractivity contribution < 1.29 is 23.8 Å². The molecular formula is C20H19ClN4O5. The van der Waals surface area contributed by atoms with Crippen molar-refractivity contribution in [3.05, 3.63) is 58.7 Å². The minimum atomic E-state index is -0.583. The predicted molar refractivity (Wildman–Crippen MR) is 112 cm³/mol. The van der Waals surface area contributed by atoms with E-state index in [4.69, 9.17) is 26.8 Å². The van der Waals surface area contributed by atoms with Crippen molar-refractivity contribution in [3.8, 4) is 17.2 Å². The van der Waals surface area contributed by atoms with Gasteiger partial charge in [-0.15, -0.1) is 0 Å². The largest absolute Gasteiger partial charge is 0.497 e. The van der Waals surface area contributed by atoms with Crippen molar-refractivity contribution in [1.82, 2.24) is 9.78 Å². The number of aromatic nitrogens is 2. The lowest BCUT2D eigenvalue weighted by Gasteiger charge is -2.14. The van der Waals surface area contributed by atoms with E-state index < -0.39 is 11.9 Å². The molecule has 0 aliphatic rings. The standard InChI is InChI=1S/C20H19ClN4O5/c1-28-13-8-15(21)17(16(9-13)29-2)24-19(26)11-4-6-12(7-5-11)25-18(22)14(10-23-25)20(27)30-3/h4-10H,22H2,1-3H3,(H,24,26). The summed E-state index contributed by atoms with van der Waals surface area (Å²) in [5.74, 6) is 0.0239. The molecule has 0 unspecified atom stereocenters. The summed E-state index contributed by atoms with van der Waals surface area (Å²) in [7, 11) is 4.23. The fourth-order valence-electron chi connectivity index (χ4n) is 2.73. The average molecular weight is 431 g/mol. The van der Waals surface area contributed by atoms with Crippen LogP contribution in [0.2, 0.25) is 5.02 Å². The number of hydrogen-bond acceptors (Lipinski definition) is 7. The van der Waals surface area contributed by atoms with Gasteiger partial charge in [0.05, 0.1) is 38.2 Å². The Balaban J connectivity index is 1.83. The van der Waals surface area contributed by atoms with Crippen LogP contribution in [0.1, 0.15) is 20.7 Å². The van der Waals surface area contributed by atoms with E-state index in [-0.39, 0.29) is 16.4 Å². The maximum atomic E-state index is 12.7. The number of hydrogen-bond donors (Lipinski definition) is 2. The second kappa shape index (κ2) is 8.75. The molecule has 3 aromatic rings. The van der Waals surface area contributed by atoms with Gasteiger partial charge in [-0.25, -0.2) is 9.48 Å². The fraction of sp³-hybridized carbons (Fsp3) is 0.150.